The van der Waals surface area contributed by atoms with E-state index in [1.54, 1.807) is 16.8 Å². The van der Waals surface area contributed by atoms with Gasteiger partial charge in [0.25, 0.3) is 5.69 Å². The van der Waals surface area contributed by atoms with Crippen molar-refractivity contribution in [1.82, 2.24) is 25.0 Å². The van der Waals surface area contributed by atoms with Gasteiger partial charge < -0.3 is 9.97 Å². The van der Waals surface area contributed by atoms with E-state index < -0.39 is 4.92 Å². The molecule has 0 amide bonds. The van der Waals surface area contributed by atoms with Gasteiger partial charge in [-0.15, -0.1) is 5.10 Å². The number of nitrogens with zero attached hydrogens (tertiary/aromatic N) is 4. The minimum atomic E-state index is -0.420. The second kappa shape index (κ2) is 8.47. The Bertz CT molecular complexity index is 1640. The number of H-pyrrole nitrogens is 2. The zero-order chi connectivity index (χ0) is 24.1. The third-order valence-electron chi connectivity index (χ3n) is 6.11. The largest absolute Gasteiger partial charge is 0.361 e. The molecule has 172 valence electrons. The number of aromatic nitrogens is 5. The van der Waals surface area contributed by atoms with Crippen molar-refractivity contribution in [3.8, 4) is 5.69 Å². The van der Waals surface area contributed by atoms with Gasteiger partial charge in [-0.2, -0.15) is 0 Å². The van der Waals surface area contributed by atoms with Crippen molar-refractivity contribution in [1.29, 1.82) is 0 Å². The summed E-state index contributed by atoms with van der Waals surface area (Å²) in [7, 11) is 0. The molecule has 35 heavy (non-hydrogen) atoms. The lowest BCUT2D eigenvalue weighted by atomic mass is 9.88. The maximum atomic E-state index is 11.0. The van der Waals surface area contributed by atoms with E-state index in [9.17, 15) is 10.1 Å². The number of nitro groups is 1. The average molecular weight is 592 g/mol. The summed E-state index contributed by atoms with van der Waals surface area (Å²) >= 11 is 7.20. The lowest BCUT2D eigenvalue weighted by Crippen LogP contribution is -2.03. The highest BCUT2D eigenvalue weighted by Gasteiger charge is 2.26. The first kappa shape index (κ1) is 21.8. The molecule has 0 aliphatic carbocycles. The van der Waals surface area contributed by atoms with Crippen LogP contribution in [0.3, 0.4) is 0 Å². The van der Waals surface area contributed by atoms with Gasteiger partial charge in [-0.1, -0.05) is 37.1 Å². The summed E-state index contributed by atoms with van der Waals surface area (Å²) in [5, 5.41) is 22.1. The molecule has 0 aliphatic heterocycles. The molecule has 0 fully saturated rings. The number of aromatic amines is 2. The van der Waals surface area contributed by atoms with Crippen molar-refractivity contribution in [3.05, 3.63) is 115 Å². The van der Waals surface area contributed by atoms with E-state index in [1.165, 1.54) is 12.1 Å². The van der Waals surface area contributed by atoms with Gasteiger partial charge in [-0.25, -0.2) is 4.68 Å². The quantitative estimate of drug-likeness (QED) is 0.169. The van der Waals surface area contributed by atoms with E-state index in [0.717, 1.165) is 47.6 Å². The number of nitrogens with one attached hydrogen (secondary N) is 2. The van der Waals surface area contributed by atoms with Gasteiger partial charge in [0.2, 0.25) is 0 Å². The van der Waals surface area contributed by atoms with Crippen molar-refractivity contribution in [2.75, 3.05) is 0 Å². The molecular formula is C25H16Br2N6O2. The minimum Gasteiger partial charge on any atom is -0.361 e. The van der Waals surface area contributed by atoms with Gasteiger partial charge >= 0.3 is 0 Å². The maximum absolute atomic E-state index is 11.0. The molecule has 0 bridgehead atoms. The van der Waals surface area contributed by atoms with Crippen LogP contribution in [0.2, 0.25) is 0 Å². The Morgan fingerprint density at radius 2 is 1.43 bits per heavy atom. The van der Waals surface area contributed by atoms with E-state index in [4.69, 9.17) is 0 Å². The van der Waals surface area contributed by atoms with Crippen molar-refractivity contribution in [3.63, 3.8) is 0 Å². The zero-order valence-corrected chi connectivity index (χ0v) is 21.1. The third-order valence-corrected chi connectivity index (χ3v) is 7.09. The van der Waals surface area contributed by atoms with Gasteiger partial charge in [0, 0.05) is 55.3 Å². The third kappa shape index (κ3) is 3.84. The first-order valence-corrected chi connectivity index (χ1v) is 12.3. The van der Waals surface area contributed by atoms with E-state index in [2.05, 4.69) is 64.3 Å². The van der Waals surface area contributed by atoms with Gasteiger partial charge in [0.15, 0.2) is 0 Å². The van der Waals surface area contributed by atoms with Crippen LogP contribution in [0.4, 0.5) is 5.69 Å². The highest BCUT2D eigenvalue weighted by molar-refractivity contribution is 9.10. The molecule has 10 heteroatoms. The van der Waals surface area contributed by atoms with Crippen LogP contribution in [0, 0.1) is 10.1 Å². The number of hydrogen-bond acceptors (Lipinski definition) is 4. The lowest BCUT2D eigenvalue weighted by Gasteiger charge is -2.14. The van der Waals surface area contributed by atoms with Crippen LogP contribution in [0.5, 0.6) is 0 Å². The Kier molecular flexibility index (Phi) is 5.27. The first-order chi connectivity index (χ1) is 17.0. The summed E-state index contributed by atoms with van der Waals surface area (Å²) < 4.78 is 3.61. The number of rotatable bonds is 5. The maximum Gasteiger partial charge on any atom is 0.269 e. The summed E-state index contributed by atoms with van der Waals surface area (Å²) in [5.74, 6) is -0.215. The highest BCUT2D eigenvalue weighted by atomic mass is 79.9. The van der Waals surface area contributed by atoms with Crippen molar-refractivity contribution >= 4 is 59.4 Å². The number of benzene rings is 3. The van der Waals surface area contributed by atoms with Gasteiger partial charge in [-0.3, -0.25) is 10.1 Å². The summed E-state index contributed by atoms with van der Waals surface area (Å²) in [4.78, 5) is 17.4. The predicted octanol–water partition coefficient (Wildman–Crippen LogP) is 6.84. The Labute approximate surface area is 215 Å². The fourth-order valence-corrected chi connectivity index (χ4v) is 5.18. The molecule has 0 atom stereocenters. The second-order valence-corrected chi connectivity index (χ2v) is 9.99. The SMILES string of the molecule is O=[N+]([O-])c1ccc(-n2cc(C(c3c[nH]c4ccc(Br)cc34)c3c[nH]c4ccc(Br)cc34)nn2)cc1. The van der Waals surface area contributed by atoms with E-state index in [0.29, 0.717) is 5.69 Å². The van der Waals surface area contributed by atoms with Crippen molar-refractivity contribution in [2.45, 2.75) is 5.92 Å². The molecule has 8 nitrogen and oxygen atoms in total. The van der Waals surface area contributed by atoms with Gasteiger partial charge in [0.1, 0.15) is 0 Å². The normalized spacial score (nSPS) is 11.6. The fourth-order valence-electron chi connectivity index (χ4n) is 4.45. The Morgan fingerprint density at radius 3 is 1.97 bits per heavy atom. The fraction of sp³-hybridized carbons (Fsp3) is 0.0400. The molecule has 0 aliphatic rings. The van der Waals surface area contributed by atoms with E-state index >= 15 is 0 Å². The second-order valence-electron chi connectivity index (χ2n) is 8.16. The number of nitro benzene ring substituents is 1. The number of non-ortho nitro benzene ring substituents is 1. The van der Waals surface area contributed by atoms with Gasteiger partial charge in [0.05, 0.1) is 28.4 Å². The summed E-state index contributed by atoms with van der Waals surface area (Å²) in [5.41, 5.74) is 5.66. The molecule has 3 aromatic heterocycles. The van der Waals surface area contributed by atoms with Crippen LogP contribution in [0.1, 0.15) is 22.7 Å². The molecule has 0 unspecified atom stereocenters. The first-order valence-electron chi connectivity index (χ1n) is 10.7. The highest BCUT2D eigenvalue weighted by Crippen LogP contribution is 2.40. The van der Waals surface area contributed by atoms with Crippen molar-refractivity contribution in [2.24, 2.45) is 0 Å². The molecule has 0 saturated carbocycles. The van der Waals surface area contributed by atoms with E-state index in [-0.39, 0.29) is 11.6 Å². The van der Waals surface area contributed by atoms with Crippen molar-refractivity contribution < 1.29 is 4.92 Å². The van der Waals surface area contributed by atoms with Crippen LogP contribution in [0.25, 0.3) is 27.5 Å². The van der Waals surface area contributed by atoms with Crippen LogP contribution < -0.4 is 0 Å². The summed E-state index contributed by atoms with van der Waals surface area (Å²) in [6.07, 6.45) is 5.91. The Balaban J connectivity index is 1.53. The van der Waals surface area contributed by atoms with E-state index in [1.807, 2.05) is 42.9 Å². The minimum absolute atomic E-state index is 0.0284. The summed E-state index contributed by atoms with van der Waals surface area (Å²) in [6.45, 7) is 0. The van der Waals surface area contributed by atoms with Crippen LogP contribution in [0.15, 0.2) is 88.2 Å². The number of hydrogen-bond donors (Lipinski definition) is 2. The standard InChI is InChI=1S/C25H16Br2N6O2/c26-14-1-7-22-18(9-14)20(11-28-22)25(21-12-29-23-8-2-15(27)10-19(21)23)24-13-32(31-30-24)16-3-5-17(6-4-16)33(34)35/h1-13,25,28-29H. The molecule has 3 heterocycles. The predicted molar refractivity (Wildman–Crippen MR) is 141 cm³/mol. The van der Waals surface area contributed by atoms with Gasteiger partial charge in [-0.05, 0) is 59.7 Å². The Morgan fingerprint density at radius 1 is 0.857 bits per heavy atom. The molecule has 0 radical (unpaired) electrons. The molecular weight excluding hydrogens is 576 g/mol. The number of halogens is 2. The smallest absolute Gasteiger partial charge is 0.269 e. The summed E-state index contributed by atoms with van der Waals surface area (Å²) in [6, 6.07) is 18.5. The molecule has 0 saturated heterocycles. The lowest BCUT2D eigenvalue weighted by molar-refractivity contribution is -0.384. The average Bonchev–Trinajstić information content (AvgIpc) is 3.59. The molecule has 6 aromatic rings. The molecule has 3 aromatic carbocycles. The molecule has 0 spiro atoms. The van der Waals surface area contributed by atoms with Crippen LogP contribution >= 0.6 is 31.9 Å². The topological polar surface area (TPSA) is 105 Å². The molecule has 2 N–H and O–H groups in total. The number of fused-ring (bicyclic) bond motifs is 2. The monoisotopic (exact) mass is 590 g/mol. The zero-order valence-electron chi connectivity index (χ0n) is 17.9. The molecule has 6 rings (SSSR count). The Hall–Kier alpha value is -3.76. The van der Waals surface area contributed by atoms with Crippen LogP contribution in [-0.4, -0.2) is 29.9 Å². The van der Waals surface area contributed by atoms with Crippen LogP contribution in [-0.2, 0) is 0 Å².